The first kappa shape index (κ1) is 27.8. The van der Waals surface area contributed by atoms with Crippen LogP contribution in [0.25, 0.3) is 0 Å². The van der Waals surface area contributed by atoms with Crippen molar-refractivity contribution < 1.29 is 0 Å². The molecule has 206 valence electrons. The Labute approximate surface area is 239 Å². The summed E-state index contributed by atoms with van der Waals surface area (Å²) in [6.07, 6.45) is 12.3. The average Bonchev–Trinajstić information content (AvgIpc) is 3.04. The third-order valence-electron chi connectivity index (χ3n) is 8.78. The van der Waals surface area contributed by atoms with Crippen molar-refractivity contribution in [2.24, 2.45) is 0 Å². The quantitative estimate of drug-likeness (QED) is 0.264. The Morgan fingerprint density at radius 1 is 0.410 bits per heavy atom. The standard InChI is InChI=1S/C33H45N3P3/c1-7-19-31(20-8-1)38(32-21-9-2-10-22-32,33-23-11-3-12-24-33)37-39(34-25-13-4-14-26-34,35-27-15-5-16-28-35)36-29-17-6-18-30-36/h1-3,7-12,19-24H,4-6,13-18,25-30H2/q+1. The molecule has 3 fully saturated rings. The molecular formula is C33H45N3P3+. The van der Waals surface area contributed by atoms with E-state index in [0.717, 1.165) is 0 Å². The third kappa shape index (κ3) is 5.62. The maximum absolute atomic E-state index is 3.08. The molecule has 6 heteroatoms. The fraction of sp³-hybridized carbons (Fsp3) is 0.455. The first-order valence-electron chi connectivity index (χ1n) is 15.3. The van der Waals surface area contributed by atoms with Crippen molar-refractivity contribution in [3.63, 3.8) is 0 Å². The van der Waals surface area contributed by atoms with E-state index in [0.29, 0.717) is 0 Å². The zero-order chi connectivity index (χ0) is 26.4. The van der Waals surface area contributed by atoms with Gasteiger partial charge in [0.25, 0.3) is 7.40 Å². The van der Waals surface area contributed by atoms with Gasteiger partial charge < -0.3 is 0 Å². The largest absolute Gasteiger partial charge is 0.278 e. The Kier molecular flexibility index (Phi) is 9.37. The van der Waals surface area contributed by atoms with Gasteiger partial charge in [-0.3, -0.25) is 0 Å². The predicted molar refractivity (Wildman–Crippen MR) is 175 cm³/mol. The van der Waals surface area contributed by atoms with Crippen molar-refractivity contribution in [3.05, 3.63) is 91.0 Å². The topological polar surface area (TPSA) is 9.72 Å². The number of hydrogen-bond acceptors (Lipinski definition) is 3. The highest BCUT2D eigenvalue weighted by Crippen LogP contribution is 2.85. The molecule has 6 rings (SSSR count). The van der Waals surface area contributed by atoms with Crippen molar-refractivity contribution in [1.29, 1.82) is 0 Å². The molecule has 0 aromatic heterocycles. The molecule has 0 radical (unpaired) electrons. The highest BCUT2D eigenvalue weighted by molar-refractivity contribution is 8.47. The summed E-state index contributed by atoms with van der Waals surface area (Å²) >= 11 is 0. The molecule has 3 aromatic rings. The van der Waals surface area contributed by atoms with Crippen LogP contribution in [0.1, 0.15) is 57.8 Å². The minimum atomic E-state index is -1.98. The van der Waals surface area contributed by atoms with Crippen LogP contribution in [-0.4, -0.2) is 53.3 Å². The molecule has 3 nitrogen and oxygen atoms in total. The Bertz CT molecular complexity index is 1070. The minimum Gasteiger partial charge on any atom is -0.142 e. The van der Waals surface area contributed by atoms with Crippen LogP contribution in [0.5, 0.6) is 0 Å². The number of hydrogen-bond donors (Lipinski definition) is 0. The SMILES string of the molecule is c1ccc(P(=P[P+](N2CCCCC2)(N2CCCCC2)N2CCCCC2)(c2ccccc2)c2ccccc2)cc1. The Hall–Kier alpha value is -1.30. The van der Waals surface area contributed by atoms with Crippen LogP contribution in [0, 0.1) is 0 Å². The van der Waals surface area contributed by atoms with Gasteiger partial charge in [-0.2, -0.15) is 0 Å². The van der Waals surface area contributed by atoms with Gasteiger partial charge in [-0.25, -0.2) is 0 Å². The van der Waals surface area contributed by atoms with Gasteiger partial charge in [-0.15, -0.1) is 14.0 Å². The molecule has 3 aliphatic heterocycles. The highest BCUT2D eigenvalue weighted by Gasteiger charge is 2.58. The monoisotopic (exact) mass is 576 g/mol. The lowest BCUT2D eigenvalue weighted by Gasteiger charge is -2.49. The van der Waals surface area contributed by atoms with E-state index in [1.807, 2.05) is 0 Å². The van der Waals surface area contributed by atoms with Gasteiger partial charge >= 0.3 is 0 Å². The van der Waals surface area contributed by atoms with Crippen molar-refractivity contribution in [2.75, 3.05) is 39.3 Å². The summed E-state index contributed by atoms with van der Waals surface area (Å²) in [5.74, 6) is 0. The van der Waals surface area contributed by atoms with Gasteiger partial charge in [0.05, 0.1) is 0 Å². The summed E-state index contributed by atoms with van der Waals surface area (Å²) in [5.41, 5.74) is 0. The Balaban J connectivity index is 1.72. The number of nitrogens with zero attached hydrogens (tertiary/aromatic N) is 3. The molecule has 0 atom stereocenters. The summed E-state index contributed by atoms with van der Waals surface area (Å²) in [7, 11) is -0.147. The van der Waals surface area contributed by atoms with Crippen LogP contribution in [0.2, 0.25) is 0 Å². The van der Waals surface area contributed by atoms with Gasteiger partial charge in [0, 0.05) is 45.8 Å². The second kappa shape index (κ2) is 13.1. The minimum absolute atomic E-state index is 1.27. The molecule has 39 heavy (non-hydrogen) atoms. The van der Waals surface area contributed by atoms with E-state index < -0.39 is 14.0 Å². The molecule has 0 spiro atoms. The lowest BCUT2D eigenvalue weighted by molar-refractivity contribution is 0.251. The van der Waals surface area contributed by atoms with E-state index in [-0.39, 0.29) is 0 Å². The Morgan fingerprint density at radius 2 is 0.692 bits per heavy atom. The van der Waals surface area contributed by atoms with E-state index in [1.54, 1.807) is 23.5 Å². The van der Waals surface area contributed by atoms with Gasteiger partial charge in [-0.1, -0.05) is 110 Å². The number of benzene rings is 3. The summed E-state index contributed by atoms with van der Waals surface area (Å²) in [6.45, 7) is 5.64. The van der Waals surface area contributed by atoms with Crippen molar-refractivity contribution in [3.8, 4) is 0 Å². The second-order valence-corrected chi connectivity index (χ2v) is 22.6. The molecule has 3 aromatic carbocycles. The molecule has 0 aliphatic carbocycles. The van der Waals surface area contributed by atoms with E-state index in [4.69, 9.17) is 0 Å². The maximum atomic E-state index is 3.08. The van der Waals surface area contributed by atoms with Crippen molar-refractivity contribution >= 4 is 37.4 Å². The number of rotatable bonds is 7. The third-order valence-corrected chi connectivity index (χ3v) is 26.4. The fourth-order valence-electron chi connectivity index (χ4n) is 6.86. The molecule has 0 amide bonds. The molecule has 3 heterocycles. The summed E-state index contributed by atoms with van der Waals surface area (Å²) < 4.78 is 9.24. The summed E-state index contributed by atoms with van der Waals surface area (Å²) in [6, 6.07) is 35.1. The smallest absolute Gasteiger partial charge is 0.142 e. The molecule has 0 unspecified atom stereocenters. The first-order chi connectivity index (χ1) is 19.3. The van der Waals surface area contributed by atoms with E-state index in [9.17, 15) is 0 Å². The average molecular weight is 577 g/mol. The van der Waals surface area contributed by atoms with Crippen LogP contribution >= 0.6 is 21.5 Å². The Morgan fingerprint density at radius 3 is 0.974 bits per heavy atom. The van der Waals surface area contributed by atoms with Crippen molar-refractivity contribution in [2.45, 2.75) is 57.8 Å². The normalized spacial score (nSPS) is 20.7. The van der Waals surface area contributed by atoms with E-state index in [2.05, 4.69) is 105 Å². The zero-order valence-corrected chi connectivity index (χ0v) is 26.1. The van der Waals surface area contributed by atoms with Crippen LogP contribution in [-0.2, 0) is 0 Å². The van der Waals surface area contributed by atoms with Crippen LogP contribution in [0.4, 0.5) is 0 Å². The molecular weight excluding hydrogens is 531 g/mol. The highest BCUT2D eigenvalue weighted by atomic mass is 32.3. The molecule has 0 N–H and O–H groups in total. The predicted octanol–water partition coefficient (Wildman–Crippen LogP) is 7.98. The van der Waals surface area contributed by atoms with Gasteiger partial charge in [0.1, 0.15) is 0 Å². The second-order valence-electron chi connectivity index (χ2n) is 11.3. The molecule has 0 bridgehead atoms. The lowest BCUT2D eigenvalue weighted by atomic mass is 10.2. The summed E-state index contributed by atoms with van der Waals surface area (Å²) in [4.78, 5) is 0. The number of piperidine rings is 3. The fourth-order valence-corrected chi connectivity index (χ4v) is 29.0. The van der Waals surface area contributed by atoms with Crippen LogP contribution < -0.4 is 15.9 Å². The molecule has 3 saturated heterocycles. The van der Waals surface area contributed by atoms with Gasteiger partial charge in [0.2, 0.25) is 0 Å². The van der Waals surface area contributed by atoms with Crippen LogP contribution in [0.3, 0.4) is 0 Å². The summed E-state index contributed by atoms with van der Waals surface area (Å²) in [5, 5.41) is 4.62. The lowest BCUT2D eigenvalue weighted by Crippen LogP contribution is -2.47. The zero-order valence-electron chi connectivity index (χ0n) is 23.5. The van der Waals surface area contributed by atoms with Crippen LogP contribution in [0.15, 0.2) is 91.0 Å². The van der Waals surface area contributed by atoms with E-state index in [1.165, 1.54) is 97.1 Å². The van der Waals surface area contributed by atoms with E-state index >= 15 is 0 Å². The van der Waals surface area contributed by atoms with Gasteiger partial charge in [0.15, 0.2) is 7.56 Å². The maximum Gasteiger partial charge on any atom is 0.278 e. The van der Waals surface area contributed by atoms with Gasteiger partial charge in [-0.05, 0) is 54.4 Å². The molecule has 3 aliphatic rings. The van der Waals surface area contributed by atoms with Crippen molar-refractivity contribution in [1.82, 2.24) is 14.0 Å². The first-order valence-corrected chi connectivity index (χ1v) is 21.0. The molecule has 0 saturated carbocycles.